The second-order valence-electron chi connectivity index (χ2n) is 6.03. The fourth-order valence-electron chi connectivity index (χ4n) is 2.87. The minimum Gasteiger partial charge on any atom is -0.317 e. The lowest BCUT2D eigenvalue weighted by molar-refractivity contribution is -0.105. The van der Waals surface area contributed by atoms with Gasteiger partial charge in [-0.15, -0.1) is 0 Å². The van der Waals surface area contributed by atoms with Crippen molar-refractivity contribution in [1.29, 1.82) is 0 Å². The Morgan fingerprint density at radius 1 is 1.04 bits per heavy atom. The number of hydrogen-bond acceptors (Lipinski definition) is 3. The van der Waals surface area contributed by atoms with E-state index in [4.69, 9.17) is 23.2 Å². The van der Waals surface area contributed by atoms with Gasteiger partial charge in [0, 0.05) is 21.0 Å². The van der Waals surface area contributed by atoms with Crippen LogP contribution in [0.4, 0.5) is 5.82 Å². The molecule has 0 bridgehead atoms. The molecule has 1 aromatic heterocycles. The zero-order valence-electron chi connectivity index (χ0n) is 14.2. The van der Waals surface area contributed by atoms with Gasteiger partial charge in [-0.1, -0.05) is 41.8 Å². The smallest absolute Gasteiger partial charge is 0.212 e. The molecule has 1 amide bonds. The number of nitrogens with one attached hydrogen (secondary N) is 3. The highest BCUT2D eigenvalue weighted by atomic mass is 35.5. The van der Waals surface area contributed by atoms with E-state index in [0.29, 0.717) is 22.3 Å². The van der Waals surface area contributed by atoms with Crippen molar-refractivity contribution in [3.05, 3.63) is 46.4 Å². The molecule has 3 N–H and O–H groups in total. The molecule has 26 heavy (non-hydrogen) atoms. The largest absolute Gasteiger partial charge is 0.317 e. The Balaban J connectivity index is 0.000000278. The number of amides is 1. The highest BCUT2D eigenvalue weighted by Crippen LogP contribution is 2.33. The van der Waals surface area contributed by atoms with Gasteiger partial charge in [0.2, 0.25) is 6.41 Å². The van der Waals surface area contributed by atoms with Crippen LogP contribution in [0, 0.1) is 0 Å². The number of hydrogen-bond donors (Lipinski definition) is 3. The molecule has 0 radical (unpaired) electrons. The first-order valence-corrected chi connectivity index (χ1v) is 9.29. The number of aromatic amines is 1. The van der Waals surface area contributed by atoms with E-state index in [1.165, 1.54) is 32.4 Å². The number of halogens is 2. The van der Waals surface area contributed by atoms with E-state index in [1.54, 1.807) is 12.1 Å². The molecule has 0 unspecified atom stereocenters. The molecule has 1 aliphatic heterocycles. The number of anilines is 1. The zero-order valence-corrected chi connectivity index (χ0v) is 15.7. The summed E-state index contributed by atoms with van der Waals surface area (Å²) in [5, 5.41) is 14.7. The molecule has 3 aromatic rings. The Morgan fingerprint density at radius 2 is 1.85 bits per heavy atom. The molecule has 1 saturated heterocycles. The van der Waals surface area contributed by atoms with Crippen LogP contribution < -0.4 is 10.6 Å². The van der Waals surface area contributed by atoms with Gasteiger partial charge < -0.3 is 10.6 Å². The second-order valence-corrected chi connectivity index (χ2v) is 6.87. The average Bonchev–Trinajstić information content (AvgIpc) is 3.06. The Kier molecular flexibility index (Phi) is 6.50. The van der Waals surface area contributed by atoms with Gasteiger partial charge in [-0.2, -0.15) is 5.10 Å². The number of rotatable bonds is 3. The van der Waals surface area contributed by atoms with E-state index in [-0.39, 0.29) is 0 Å². The Hall–Kier alpha value is -2.08. The molecule has 1 aliphatic rings. The number of H-pyrrole nitrogens is 1. The molecule has 7 heteroatoms. The van der Waals surface area contributed by atoms with E-state index >= 15 is 0 Å². The van der Waals surface area contributed by atoms with E-state index in [1.807, 2.05) is 24.3 Å². The molecule has 136 valence electrons. The third-order valence-electron chi connectivity index (χ3n) is 4.21. The Labute approximate surface area is 162 Å². The van der Waals surface area contributed by atoms with Gasteiger partial charge in [0.05, 0.1) is 5.52 Å². The minimum atomic E-state index is 0.488. The van der Waals surface area contributed by atoms with Crippen LogP contribution in [-0.2, 0) is 4.79 Å². The van der Waals surface area contributed by atoms with Crippen LogP contribution in [0.2, 0.25) is 10.0 Å². The fraction of sp³-hybridized carbons (Fsp3) is 0.263. The van der Waals surface area contributed by atoms with Crippen LogP contribution in [0.25, 0.3) is 22.0 Å². The van der Waals surface area contributed by atoms with Crippen LogP contribution in [0.3, 0.4) is 0 Å². The maximum Gasteiger partial charge on any atom is 0.212 e. The molecule has 0 atom stereocenters. The molecule has 0 spiro atoms. The molecule has 4 rings (SSSR count). The summed E-state index contributed by atoms with van der Waals surface area (Å²) in [6.07, 6.45) is 4.81. The average molecular weight is 391 g/mol. The number of piperidine rings is 1. The summed E-state index contributed by atoms with van der Waals surface area (Å²) in [6, 6.07) is 11.1. The van der Waals surface area contributed by atoms with E-state index < -0.39 is 0 Å². The first kappa shape index (κ1) is 18.7. The first-order chi connectivity index (χ1) is 12.7. The summed E-state index contributed by atoms with van der Waals surface area (Å²) in [5.41, 5.74) is 2.63. The topological polar surface area (TPSA) is 69.8 Å². The molecule has 2 aromatic carbocycles. The number of benzene rings is 2. The van der Waals surface area contributed by atoms with Gasteiger partial charge in [-0.3, -0.25) is 9.89 Å². The minimum absolute atomic E-state index is 0.488. The van der Waals surface area contributed by atoms with Crippen molar-refractivity contribution in [2.45, 2.75) is 19.3 Å². The summed E-state index contributed by atoms with van der Waals surface area (Å²) < 4.78 is 0. The molecular weight excluding hydrogens is 371 g/mol. The molecule has 5 nitrogen and oxygen atoms in total. The summed E-state index contributed by atoms with van der Waals surface area (Å²) >= 11 is 12.1. The number of nitrogens with zero attached hydrogens (tertiary/aromatic N) is 1. The maximum absolute atomic E-state index is 10.6. The second kappa shape index (κ2) is 9.03. The Bertz CT molecular complexity index is 879. The van der Waals surface area contributed by atoms with Crippen molar-refractivity contribution in [1.82, 2.24) is 15.5 Å². The number of carbonyl (C=O) groups is 1. The molecule has 0 aliphatic carbocycles. The predicted molar refractivity (Wildman–Crippen MR) is 108 cm³/mol. The van der Waals surface area contributed by atoms with Gasteiger partial charge in [-0.05, 0) is 55.8 Å². The zero-order chi connectivity index (χ0) is 18.4. The molecule has 1 fully saturated rings. The molecular formula is C19H20Cl2N4O. The summed E-state index contributed by atoms with van der Waals surface area (Å²) in [7, 11) is 0. The van der Waals surface area contributed by atoms with E-state index in [9.17, 15) is 4.79 Å². The van der Waals surface area contributed by atoms with Crippen molar-refractivity contribution in [2.24, 2.45) is 0 Å². The van der Waals surface area contributed by atoms with Crippen molar-refractivity contribution < 1.29 is 4.79 Å². The van der Waals surface area contributed by atoms with Crippen LogP contribution in [0.1, 0.15) is 19.3 Å². The highest BCUT2D eigenvalue weighted by molar-refractivity contribution is 6.36. The third-order valence-corrected chi connectivity index (χ3v) is 4.76. The van der Waals surface area contributed by atoms with Crippen LogP contribution in [0.5, 0.6) is 0 Å². The SMILES string of the molecule is C1CCNCC1.O=CNc1n[nH]c2ccc(-c3ccc(Cl)cc3Cl)cc12. The standard InChI is InChI=1S/C14H9Cl2N3O.C5H11N/c15-9-2-3-10(12(16)6-9)8-1-4-13-11(5-8)14(17-7-20)19-18-13;1-2-4-6-5-3-1/h1-7H,(H2,17,18,19,20);6H,1-5H2. The number of aromatic nitrogens is 2. The number of fused-ring (bicyclic) bond motifs is 1. The lowest BCUT2D eigenvalue weighted by Crippen LogP contribution is -2.21. The molecule has 2 heterocycles. The normalized spacial score (nSPS) is 13.8. The first-order valence-electron chi connectivity index (χ1n) is 8.53. The van der Waals surface area contributed by atoms with Gasteiger partial charge in [-0.25, -0.2) is 0 Å². The summed E-state index contributed by atoms with van der Waals surface area (Å²) in [4.78, 5) is 10.6. The maximum atomic E-state index is 10.6. The molecule has 0 saturated carbocycles. The predicted octanol–water partition coefficient (Wildman–Crippen LogP) is 4.86. The van der Waals surface area contributed by atoms with Crippen LogP contribution >= 0.6 is 23.2 Å². The summed E-state index contributed by atoms with van der Waals surface area (Å²) in [5.74, 6) is 0.488. The highest BCUT2D eigenvalue weighted by Gasteiger charge is 2.09. The van der Waals surface area contributed by atoms with Crippen molar-refractivity contribution in [2.75, 3.05) is 18.4 Å². The monoisotopic (exact) mass is 390 g/mol. The van der Waals surface area contributed by atoms with Gasteiger partial charge in [0.15, 0.2) is 5.82 Å². The van der Waals surface area contributed by atoms with Crippen molar-refractivity contribution in [3.8, 4) is 11.1 Å². The quantitative estimate of drug-likeness (QED) is 0.558. The third kappa shape index (κ3) is 4.55. The van der Waals surface area contributed by atoms with Crippen molar-refractivity contribution >= 4 is 46.3 Å². The van der Waals surface area contributed by atoms with Crippen LogP contribution in [0.15, 0.2) is 36.4 Å². The van der Waals surface area contributed by atoms with Crippen molar-refractivity contribution in [3.63, 3.8) is 0 Å². The van der Waals surface area contributed by atoms with E-state index in [2.05, 4.69) is 20.8 Å². The summed E-state index contributed by atoms with van der Waals surface area (Å²) in [6.45, 7) is 2.50. The number of carbonyl (C=O) groups excluding carboxylic acids is 1. The van der Waals surface area contributed by atoms with Gasteiger partial charge in [0.1, 0.15) is 0 Å². The Morgan fingerprint density at radius 3 is 2.46 bits per heavy atom. The lowest BCUT2D eigenvalue weighted by Gasteiger charge is -2.08. The fourth-order valence-corrected chi connectivity index (χ4v) is 3.39. The van der Waals surface area contributed by atoms with Crippen LogP contribution in [-0.4, -0.2) is 29.7 Å². The van der Waals surface area contributed by atoms with Gasteiger partial charge in [0.25, 0.3) is 0 Å². The lowest BCUT2D eigenvalue weighted by atomic mass is 10.0. The van der Waals surface area contributed by atoms with E-state index in [0.717, 1.165) is 22.0 Å². The van der Waals surface area contributed by atoms with Gasteiger partial charge >= 0.3 is 0 Å².